The van der Waals surface area contributed by atoms with Crippen LogP contribution in [-0.2, 0) is 0 Å². The van der Waals surface area contributed by atoms with Crippen LogP contribution in [0.1, 0.15) is 0 Å². The van der Waals surface area contributed by atoms with Gasteiger partial charge in [0, 0.05) is 22.0 Å². The van der Waals surface area contributed by atoms with Gasteiger partial charge < -0.3 is 5.21 Å². The van der Waals surface area contributed by atoms with Crippen molar-refractivity contribution >= 4 is 17.3 Å². The lowest BCUT2D eigenvalue weighted by Gasteiger charge is -1.94. The Labute approximate surface area is 77.8 Å². The van der Waals surface area contributed by atoms with Gasteiger partial charge in [-0.15, -0.1) is 0 Å². The van der Waals surface area contributed by atoms with E-state index in [0.717, 1.165) is 0 Å². The molecule has 0 saturated heterocycles. The Balaban J connectivity index is 2.96. The third-order valence-corrected chi connectivity index (χ3v) is 1.45. The van der Waals surface area contributed by atoms with E-state index in [0.29, 0.717) is 5.02 Å². The summed E-state index contributed by atoms with van der Waals surface area (Å²) in [6, 6.07) is 5.55. The Hall–Kier alpha value is -1.69. The Kier molecular flexibility index (Phi) is 2.76. The molecule has 0 bridgehead atoms. The van der Waals surface area contributed by atoms with Crippen LogP contribution in [0.25, 0.3) is 0 Å². The Morgan fingerprint density at radius 1 is 1.23 bits per heavy atom. The zero-order valence-electron chi connectivity index (χ0n) is 6.25. The van der Waals surface area contributed by atoms with E-state index in [1.807, 2.05) is 0 Å². The molecule has 13 heavy (non-hydrogen) atoms. The van der Waals surface area contributed by atoms with E-state index in [-0.39, 0.29) is 10.5 Å². The molecule has 1 aromatic rings. The van der Waals surface area contributed by atoms with Crippen molar-refractivity contribution in [3.05, 3.63) is 44.6 Å². The van der Waals surface area contributed by atoms with Crippen LogP contribution in [0.4, 0.5) is 5.69 Å². The van der Waals surface area contributed by atoms with Gasteiger partial charge in [-0.3, -0.25) is 0 Å². The van der Waals surface area contributed by atoms with Gasteiger partial charge >= 0.3 is 5.22 Å². The average molecular weight is 202 g/mol. The highest BCUT2D eigenvalue weighted by atomic mass is 35.5. The Morgan fingerprint density at radius 3 is 2.23 bits per heavy atom. The van der Waals surface area contributed by atoms with Crippen LogP contribution >= 0.6 is 11.6 Å². The Morgan fingerprint density at radius 2 is 1.77 bits per heavy atom. The zero-order chi connectivity index (χ0) is 9.84. The first-order valence-corrected chi connectivity index (χ1v) is 3.56. The summed E-state index contributed by atoms with van der Waals surface area (Å²) < 4.78 is 0. The minimum absolute atomic E-state index is 0.0566. The molecule has 1 aromatic carbocycles. The van der Waals surface area contributed by atoms with Gasteiger partial charge in [0.2, 0.25) is 0 Å². The van der Waals surface area contributed by atoms with E-state index in [4.69, 9.17) is 11.6 Å². The van der Waals surface area contributed by atoms with E-state index in [2.05, 4.69) is 5.22 Å². The van der Waals surface area contributed by atoms with Crippen LogP contribution in [0.3, 0.4) is 0 Å². The first-order valence-electron chi connectivity index (χ1n) is 3.18. The van der Waals surface area contributed by atoms with E-state index in [1.165, 1.54) is 24.3 Å². The van der Waals surface area contributed by atoms with E-state index >= 15 is 0 Å². The van der Waals surface area contributed by atoms with Crippen molar-refractivity contribution in [2.75, 3.05) is 0 Å². The molecule has 0 amide bonds. The molecular weight excluding hydrogens is 198 g/mol. The molecule has 1 rings (SSSR count). The van der Waals surface area contributed by atoms with Crippen molar-refractivity contribution in [2.24, 2.45) is 5.22 Å². The largest absolute Gasteiger partial charge is 0.590 e. The molecule has 0 radical (unpaired) electrons. The van der Waals surface area contributed by atoms with Gasteiger partial charge in [-0.2, -0.15) is 0 Å². The molecule has 0 spiro atoms. The van der Waals surface area contributed by atoms with E-state index in [1.54, 1.807) is 0 Å². The minimum Gasteiger partial charge on any atom is -0.590 e. The molecule has 0 heterocycles. The second kappa shape index (κ2) is 3.81. The van der Waals surface area contributed by atoms with Crippen LogP contribution in [-0.4, -0.2) is 9.89 Å². The summed E-state index contributed by atoms with van der Waals surface area (Å²) in [7, 11) is 0. The molecule has 0 aliphatic carbocycles. The van der Waals surface area contributed by atoms with Gasteiger partial charge in [0.05, 0.1) is 0 Å². The van der Waals surface area contributed by atoms with Gasteiger partial charge in [-0.1, -0.05) is 11.6 Å². The fraction of sp³-hybridized carbons (Fsp3) is 0. The maximum atomic E-state index is 10.8. The first kappa shape index (κ1) is 9.40. The van der Waals surface area contributed by atoms with Crippen LogP contribution in [0, 0.1) is 15.3 Å². The highest BCUT2D eigenvalue weighted by Crippen LogP contribution is 2.15. The summed E-state index contributed by atoms with van der Waals surface area (Å²) in [5, 5.41) is 22.6. The monoisotopic (exact) mass is 201 g/mol. The van der Waals surface area contributed by atoms with Crippen molar-refractivity contribution < 1.29 is 9.89 Å². The molecule has 0 unspecified atom stereocenters. The maximum Gasteiger partial charge on any atom is 0.349 e. The number of nitro groups is 1. The van der Waals surface area contributed by atoms with Gasteiger partial charge in [-0.05, 0) is 12.1 Å². The van der Waals surface area contributed by atoms with E-state index < -0.39 is 5.03 Å². The predicted molar refractivity (Wildman–Crippen MR) is 44.2 cm³/mol. The van der Waals surface area contributed by atoms with Crippen LogP contribution in [0.2, 0.25) is 5.02 Å². The van der Waals surface area contributed by atoms with Crippen molar-refractivity contribution in [1.29, 1.82) is 0 Å². The highest BCUT2D eigenvalue weighted by Gasteiger charge is 2.07. The van der Waals surface area contributed by atoms with Gasteiger partial charge in [-0.25, -0.2) is 10.1 Å². The van der Waals surface area contributed by atoms with Crippen LogP contribution in [0.5, 0.6) is 0 Å². The lowest BCUT2D eigenvalue weighted by Crippen LogP contribution is -1.96. The summed E-state index contributed by atoms with van der Waals surface area (Å²) in [4.78, 5) is 9.73. The quantitative estimate of drug-likeness (QED) is 0.318. The number of hydrogen-bond acceptors (Lipinski definition) is 3. The summed E-state index contributed by atoms with van der Waals surface area (Å²) in [5.74, 6) is 0. The predicted octanol–water partition coefficient (Wildman–Crippen LogP) is 2.13. The summed E-state index contributed by atoms with van der Waals surface area (Å²) in [5.41, 5.74) is 0.0566. The number of halogens is 1. The van der Waals surface area contributed by atoms with Crippen molar-refractivity contribution in [1.82, 2.24) is 0 Å². The van der Waals surface area contributed by atoms with Gasteiger partial charge in [0.1, 0.15) is 0 Å². The number of nitrogens with zero attached hydrogens (tertiary/aromatic N) is 3. The molecule has 0 aliphatic rings. The zero-order valence-corrected chi connectivity index (χ0v) is 7.01. The number of rotatable bonds is 2. The third kappa shape index (κ3) is 2.68. The van der Waals surface area contributed by atoms with E-state index in [9.17, 15) is 15.3 Å². The number of hydrogen-bond donors (Lipinski definition) is 0. The summed E-state index contributed by atoms with van der Waals surface area (Å²) in [6.45, 7) is 0. The molecule has 6 nitrogen and oxygen atoms in total. The third-order valence-electron chi connectivity index (χ3n) is 1.20. The summed E-state index contributed by atoms with van der Waals surface area (Å²) >= 11 is 5.54. The van der Waals surface area contributed by atoms with Crippen molar-refractivity contribution in [3.8, 4) is 0 Å². The second-order valence-corrected chi connectivity index (χ2v) is 2.51. The number of benzene rings is 1. The van der Waals surface area contributed by atoms with Gasteiger partial charge in [0.15, 0.2) is 0 Å². The standard InChI is InChI=1S/C6H4ClN3O3/c7-5-1-3-6(4-2-5)9(11)8-10(12)13/h1-4H. The molecular formula is C6H4ClN3O3. The lowest BCUT2D eigenvalue weighted by atomic mass is 10.3. The molecule has 0 fully saturated rings. The first-order chi connectivity index (χ1) is 6.09. The normalized spacial score (nSPS) is 11.3. The molecule has 0 saturated carbocycles. The molecule has 0 atom stereocenters. The summed E-state index contributed by atoms with van der Waals surface area (Å²) in [6.07, 6.45) is 0. The van der Waals surface area contributed by atoms with Gasteiger partial charge in [0.25, 0.3) is 10.7 Å². The molecule has 7 heteroatoms. The lowest BCUT2D eigenvalue weighted by molar-refractivity contribution is -0.642. The minimum atomic E-state index is -1.07. The average Bonchev–Trinajstić information content (AvgIpc) is 2.04. The van der Waals surface area contributed by atoms with Crippen LogP contribution < -0.4 is 0 Å². The second-order valence-electron chi connectivity index (χ2n) is 2.08. The molecule has 0 aliphatic heterocycles. The SMILES string of the molecule is O=[N+]([O-])N=[N+]([O-])c1ccc(Cl)cc1. The fourth-order valence-electron chi connectivity index (χ4n) is 0.687. The smallest absolute Gasteiger partial charge is 0.349 e. The molecule has 68 valence electrons. The topological polar surface area (TPSA) is 81.6 Å². The fourth-order valence-corrected chi connectivity index (χ4v) is 0.813. The van der Waals surface area contributed by atoms with Crippen LogP contribution in [0.15, 0.2) is 29.5 Å². The Bertz CT molecular complexity index is 349. The molecule has 0 aromatic heterocycles. The van der Waals surface area contributed by atoms with Crippen molar-refractivity contribution in [2.45, 2.75) is 0 Å². The highest BCUT2D eigenvalue weighted by molar-refractivity contribution is 6.30. The molecule has 0 N–H and O–H groups in total. The van der Waals surface area contributed by atoms with Crippen molar-refractivity contribution in [3.63, 3.8) is 0 Å². The maximum absolute atomic E-state index is 10.8.